The Bertz CT molecular complexity index is 537. The number of nitriles is 1. The predicted molar refractivity (Wildman–Crippen MR) is 72.4 cm³/mol. The van der Waals surface area contributed by atoms with E-state index in [2.05, 4.69) is 5.32 Å². The zero-order chi connectivity index (χ0) is 15.0. The quantitative estimate of drug-likeness (QED) is 0.428. The molecule has 2 N–H and O–H groups in total. The van der Waals surface area contributed by atoms with E-state index in [1.807, 2.05) is 6.07 Å². The topological polar surface area (TPSA) is 116 Å². The molecule has 0 radical (unpaired) electrons. The number of carboxylic acids is 1. The fourth-order valence-corrected chi connectivity index (χ4v) is 1.70. The Morgan fingerprint density at radius 1 is 1.40 bits per heavy atom. The van der Waals surface area contributed by atoms with Crippen molar-refractivity contribution in [1.29, 1.82) is 5.26 Å². The van der Waals surface area contributed by atoms with Crippen molar-refractivity contribution in [2.75, 3.05) is 11.9 Å². The van der Waals surface area contributed by atoms with E-state index < -0.39 is 10.9 Å². The van der Waals surface area contributed by atoms with Gasteiger partial charge in [-0.1, -0.05) is 6.42 Å². The number of aliphatic carboxylic acids is 1. The number of hydrogen-bond acceptors (Lipinski definition) is 5. The summed E-state index contributed by atoms with van der Waals surface area (Å²) in [6.07, 6.45) is 2.19. The first-order valence-corrected chi connectivity index (χ1v) is 6.19. The van der Waals surface area contributed by atoms with Crippen LogP contribution in [-0.2, 0) is 4.79 Å². The van der Waals surface area contributed by atoms with Crippen LogP contribution < -0.4 is 5.32 Å². The first-order valence-electron chi connectivity index (χ1n) is 6.19. The van der Waals surface area contributed by atoms with Crippen LogP contribution in [0.1, 0.15) is 31.2 Å². The monoisotopic (exact) mass is 277 g/mol. The van der Waals surface area contributed by atoms with E-state index in [-0.39, 0.29) is 17.7 Å². The molecule has 0 spiro atoms. The summed E-state index contributed by atoms with van der Waals surface area (Å²) in [6.45, 7) is 0.520. The summed E-state index contributed by atoms with van der Waals surface area (Å²) in [5.74, 6) is -0.819. The Morgan fingerprint density at radius 2 is 2.15 bits per heavy atom. The number of carbonyl (C=O) groups is 1. The lowest BCUT2D eigenvalue weighted by Crippen LogP contribution is -2.05. The van der Waals surface area contributed by atoms with Gasteiger partial charge < -0.3 is 10.4 Å². The second kappa shape index (κ2) is 7.74. The van der Waals surface area contributed by atoms with E-state index >= 15 is 0 Å². The van der Waals surface area contributed by atoms with Gasteiger partial charge in [0.05, 0.1) is 16.6 Å². The summed E-state index contributed by atoms with van der Waals surface area (Å²) in [5.41, 5.74) is 0.477. The molecular weight excluding hydrogens is 262 g/mol. The second-order valence-corrected chi connectivity index (χ2v) is 4.23. The van der Waals surface area contributed by atoms with Crippen LogP contribution in [0.3, 0.4) is 0 Å². The number of nitrogens with zero attached hydrogens (tertiary/aromatic N) is 2. The molecule has 0 aliphatic rings. The van der Waals surface area contributed by atoms with Crippen molar-refractivity contribution >= 4 is 17.3 Å². The van der Waals surface area contributed by atoms with E-state index in [1.54, 1.807) is 0 Å². The molecule has 1 aromatic carbocycles. The third kappa shape index (κ3) is 4.94. The summed E-state index contributed by atoms with van der Waals surface area (Å²) in [5, 5.41) is 31.0. The molecule has 7 nitrogen and oxygen atoms in total. The van der Waals surface area contributed by atoms with Crippen molar-refractivity contribution in [3.8, 4) is 6.07 Å². The number of nitro groups is 1. The Labute approximate surface area is 116 Å². The second-order valence-electron chi connectivity index (χ2n) is 4.23. The number of unbranched alkanes of at least 4 members (excludes halogenated alkanes) is 2. The molecule has 1 aromatic rings. The molecule has 7 heteroatoms. The average molecular weight is 277 g/mol. The van der Waals surface area contributed by atoms with Gasteiger partial charge in [-0.15, -0.1) is 0 Å². The molecule has 0 unspecified atom stereocenters. The normalized spacial score (nSPS) is 9.75. The van der Waals surface area contributed by atoms with Gasteiger partial charge in [0.25, 0.3) is 5.69 Å². The highest BCUT2D eigenvalue weighted by Gasteiger charge is 2.14. The van der Waals surface area contributed by atoms with Crippen LogP contribution in [0.15, 0.2) is 18.2 Å². The van der Waals surface area contributed by atoms with Crippen molar-refractivity contribution in [1.82, 2.24) is 0 Å². The van der Waals surface area contributed by atoms with Crippen LogP contribution in [0.4, 0.5) is 11.4 Å². The van der Waals surface area contributed by atoms with E-state index in [0.29, 0.717) is 18.7 Å². The maximum atomic E-state index is 10.9. The van der Waals surface area contributed by atoms with Gasteiger partial charge in [0, 0.05) is 19.0 Å². The zero-order valence-electron chi connectivity index (χ0n) is 10.8. The maximum absolute atomic E-state index is 10.9. The molecule has 0 saturated carbocycles. The van der Waals surface area contributed by atoms with Gasteiger partial charge in [0.15, 0.2) is 0 Å². The summed E-state index contributed by atoms with van der Waals surface area (Å²) in [4.78, 5) is 20.7. The molecule has 20 heavy (non-hydrogen) atoms. The number of benzene rings is 1. The standard InChI is InChI=1S/C13H15N3O4/c14-9-10-5-6-11(12(8-10)16(19)20)15-7-3-1-2-4-13(17)18/h5-6,8,15H,1-4,7H2,(H,17,18). The number of nitrogens with one attached hydrogen (secondary N) is 1. The fourth-order valence-electron chi connectivity index (χ4n) is 1.70. The number of nitro benzene ring substituents is 1. The number of hydrogen-bond donors (Lipinski definition) is 2. The maximum Gasteiger partial charge on any atom is 0.303 e. The van der Waals surface area contributed by atoms with Crippen molar-refractivity contribution < 1.29 is 14.8 Å². The number of anilines is 1. The molecule has 0 heterocycles. The van der Waals surface area contributed by atoms with Gasteiger partial charge in [-0.2, -0.15) is 5.26 Å². The lowest BCUT2D eigenvalue weighted by Gasteiger charge is -2.07. The Balaban J connectivity index is 2.49. The van der Waals surface area contributed by atoms with Crippen LogP contribution >= 0.6 is 0 Å². The molecule has 1 rings (SSSR count). The minimum Gasteiger partial charge on any atom is -0.481 e. The van der Waals surface area contributed by atoms with Gasteiger partial charge in [-0.25, -0.2) is 0 Å². The Kier molecular flexibility index (Phi) is 5.97. The lowest BCUT2D eigenvalue weighted by molar-refractivity contribution is -0.384. The minimum atomic E-state index is -0.819. The fraction of sp³-hybridized carbons (Fsp3) is 0.385. The van der Waals surface area contributed by atoms with Crippen LogP contribution in [0, 0.1) is 21.4 Å². The van der Waals surface area contributed by atoms with Crippen LogP contribution in [0.2, 0.25) is 0 Å². The molecule has 106 valence electrons. The van der Waals surface area contributed by atoms with Crippen molar-refractivity contribution in [3.05, 3.63) is 33.9 Å². The van der Waals surface area contributed by atoms with E-state index in [9.17, 15) is 14.9 Å². The summed E-state index contributed by atoms with van der Waals surface area (Å²) in [6, 6.07) is 6.11. The molecule has 0 aliphatic heterocycles. The van der Waals surface area contributed by atoms with Crippen LogP contribution in [0.25, 0.3) is 0 Å². The predicted octanol–water partition coefficient (Wildman–Crippen LogP) is 2.52. The van der Waals surface area contributed by atoms with Gasteiger partial charge in [-0.3, -0.25) is 14.9 Å². The number of rotatable bonds is 8. The third-order valence-electron chi connectivity index (χ3n) is 2.71. The highest BCUT2D eigenvalue weighted by molar-refractivity contribution is 5.66. The van der Waals surface area contributed by atoms with Gasteiger partial charge in [0.2, 0.25) is 0 Å². The van der Waals surface area contributed by atoms with Gasteiger partial charge in [-0.05, 0) is 25.0 Å². The van der Waals surface area contributed by atoms with Gasteiger partial charge >= 0.3 is 5.97 Å². The first-order chi connectivity index (χ1) is 9.54. The average Bonchev–Trinajstić information content (AvgIpc) is 2.42. The zero-order valence-corrected chi connectivity index (χ0v) is 10.8. The van der Waals surface area contributed by atoms with Crippen molar-refractivity contribution in [2.24, 2.45) is 0 Å². The minimum absolute atomic E-state index is 0.130. The molecule has 0 saturated heterocycles. The molecule has 0 bridgehead atoms. The molecular formula is C13H15N3O4. The molecule has 0 aliphatic carbocycles. The Hall–Kier alpha value is -2.62. The highest BCUT2D eigenvalue weighted by Crippen LogP contribution is 2.25. The summed E-state index contributed by atoms with van der Waals surface area (Å²) >= 11 is 0. The first kappa shape index (κ1) is 15.4. The molecule has 0 aromatic heterocycles. The van der Waals surface area contributed by atoms with E-state index in [0.717, 1.165) is 12.8 Å². The van der Waals surface area contributed by atoms with Gasteiger partial charge in [0.1, 0.15) is 5.69 Å². The SMILES string of the molecule is N#Cc1ccc(NCCCCCC(=O)O)c([N+](=O)[O-])c1. The summed E-state index contributed by atoms with van der Waals surface area (Å²) < 4.78 is 0. The Morgan fingerprint density at radius 3 is 2.75 bits per heavy atom. The van der Waals surface area contributed by atoms with E-state index in [4.69, 9.17) is 10.4 Å². The highest BCUT2D eigenvalue weighted by atomic mass is 16.6. The lowest BCUT2D eigenvalue weighted by atomic mass is 10.1. The van der Waals surface area contributed by atoms with E-state index in [1.165, 1.54) is 18.2 Å². The third-order valence-corrected chi connectivity index (χ3v) is 2.71. The summed E-state index contributed by atoms with van der Waals surface area (Å²) in [7, 11) is 0. The van der Waals surface area contributed by atoms with Crippen LogP contribution in [-0.4, -0.2) is 22.5 Å². The van der Waals surface area contributed by atoms with Crippen LogP contribution in [0.5, 0.6) is 0 Å². The van der Waals surface area contributed by atoms with Crippen molar-refractivity contribution in [3.63, 3.8) is 0 Å². The molecule has 0 atom stereocenters. The number of carboxylic acid groups (broad SMARTS) is 1. The largest absolute Gasteiger partial charge is 0.481 e. The smallest absolute Gasteiger partial charge is 0.303 e. The molecule has 0 fully saturated rings. The molecule has 0 amide bonds. The van der Waals surface area contributed by atoms with Crippen molar-refractivity contribution in [2.45, 2.75) is 25.7 Å².